The van der Waals surface area contributed by atoms with Gasteiger partial charge in [-0.2, -0.15) is 0 Å². The number of halogens is 1. The third kappa shape index (κ3) is 8.54. The Hall–Kier alpha value is -2.86. The third-order valence-electron chi connectivity index (χ3n) is 5.04. The first kappa shape index (κ1) is 26.4. The predicted octanol–water partition coefficient (Wildman–Crippen LogP) is 2.40. The molecule has 33 heavy (non-hydrogen) atoms. The molecule has 10 heteroatoms. The zero-order chi connectivity index (χ0) is 24.2. The molecule has 2 aromatic carbocycles. The molecule has 0 aromatic heterocycles. The number of anilines is 1. The van der Waals surface area contributed by atoms with Crippen LogP contribution in [-0.4, -0.2) is 79.3 Å². The summed E-state index contributed by atoms with van der Waals surface area (Å²) in [6, 6.07) is 15.9. The molecule has 1 aliphatic rings. The van der Waals surface area contributed by atoms with Crippen LogP contribution in [0.1, 0.15) is 16.8 Å². The number of methoxy groups -OCH3 is 1. The normalized spacial score (nSPS) is 13.5. The second-order valence-corrected chi connectivity index (χ2v) is 8.36. The van der Waals surface area contributed by atoms with Gasteiger partial charge in [-0.3, -0.25) is 9.69 Å². The number of nitrogens with zero attached hydrogens (tertiary/aromatic N) is 2. The molecule has 3 N–H and O–H groups in total. The highest BCUT2D eigenvalue weighted by Gasteiger charge is 2.19. The van der Waals surface area contributed by atoms with Crippen molar-refractivity contribution in [1.29, 1.82) is 0 Å². The fraction of sp³-hybridized carbons (Fsp3) is 0.348. The Kier molecular flexibility index (Phi) is 10.9. The minimum Gasteiger partial charge on any atom is -0.495 e. The van der Waals surface area contributed by atoms with E-state index in [1.165, 1.54) is 5.69 Å². The van der Waals surface area contributed by atoms with Gasteiger partial charge in [-0.15, -0.1) is 0 Å². The minimum absolute atomic E-state index is 0.0148. The monoisotopic (exact) mass is 569 g/mol. The van der Waals surface area contributed by atoms with Crippen molar-refractivity contribution in [3.8, 4) is 5.75 Å². The standard InChI is InChI=1S/C21H26IN3O2.C2H2O4/c1-27-20-10-5-4-9-19(20)25-15-13-24(14-16-25)12-6-11-23-21(26)17-7-2-3-8-18(17)22;3-1(4)2(5)6/h2-5,7-10H,6,11-16H2,1H3,(H,23,26);(H,3,4)(H,5,6). The summed E-state index contributed by atoms with van der Waals surface area (Å²) in [7, 11) is 1.72. The van der Waals surface area contributed by atoms with Crippen LogP contribution in [0, 0.1) is 3.57 Å². The summed E-state index contributed by atoms with van der Waals surface area (Å²) < 4.78 is 6.46. The molecule has 9 nitrogen and oxygen atoms in total. The number of piperazine rings is 1. The molecular formula is C23H28IN3O6. The predicted molar refractivity (Wildman–Crippen MR) is 133 cm³/mol. The van der Waals surface area contributed by atoms with Crippen LogP contribution < -0.4 is 15.0 Å². The Balaban J connectivity index is 0.000000569. The number of hydrogen-bond donors (Lipinski definition) is 3. The van der Waals surface area contributed by atoms with E-state index in [2.05, 4.69) is 49.8 Å². The molecule has 1 saturated heterocycles. The zero-order valence-corrected chi connectivity index (χ0v) is 20.5. The van der Waals surface area contributed by atoms with E-state index in [-0.39, 0.29) is 5.91 Å². The Labute approximate surface area is 206 Å². The summed E-state index contributed by atoms with van der Waals surface area (Å²) in [6.07, 6.45) is 0.962. The number of ether oxygens (including phenoxy) is 1. The van der Waals surface area contributed by atoms with E-state index >= 15 is 0 Å². The molecule has 1 amide bonds. The Morgan fingerprint density at radius 2 is 1.58 bits per heavy atom. The summed E-state index contributed by atoms with van der Waals surface area (Å²) in [4.78, 5) is 35.3. The smallest absolute Gasteiger partial charge is 0.414 e. The van der Waals surface area contributed by atoms with Crippen LogP contribution in [-0.2, 0) is 9.59 Å². The van der Waals surface area contributed by atoms with E-state index in [9.17, 15) is 4.79 Å². The lowest BCUT2D eigenvalue weighted by Gasteiger charge is -2.36. The molecule has 0 saturated carbocycles. The number of para-hydroxylation sites is 2. The van der Waals surface area contributed by atoms with Gasteiger partial charge in [0, 0.05) is 36.3 Å². The van der Waals surface area contributed by atoms with E-state index in [4.69, 9.17) is 24.5 Å². The van der Waals surface area contributed by atoms with Gasteiger partial charge in [0.1, 0.15) is 5.75 Å². The summed E-state index contributed by atoms with van der Waals surface area (Å²) in [5, 5.41) is 17.8. The average Bonchev–Trinajstić information content (AvgIpc) is 2.82. The van der Waals surface area contributed by atoms with Crippen molar-refractivity contribution in [2.75, 3.05) is 51.3 Å². The molecule has 1 heterocycles. The number of benzene rings is 2. The number of carboxylic acid groups (broad SMARTS) is 2. The van der Waals surface area contributed by atoms with Crippen molar-refractivity contribution in [2.45, 2.75) is 6.42 Å². The maximum Gasteiger partial charge on any atom is 0.414 e. The molecule has 0 radical (unpaired) electrons. The van der Waals surface area contributed by atoms with Crippen molar-refractivity contribution in [3.05, 3.63) is 57.7 Å². The van der Waals surface area contributed by atoms with Crippen molar-refractivity contribution < 1.29 is 29.3 Å². The van der Waals surface area contributed by atoms with Crippen LogP contribution in [0.3, 0.4) is 0 Å². The number of carbonyl (C=O) groups is 3. The summed E-state index contributed by atoms with van der Waals surface area (Å²) >= 11 is 2.20. The average molecular weight is 569 g/mol. The number of hydrogen-bond acceptors (Lipinski definition) is 6. The first-order valence-corrected chi connectivity index (χ1v) is 11.5. The molecule has 0 unspecified atom stereocenters. The molecule has 1 fully saturated rings. The molecule has 0 bridgehead atoms. The topological polar surface area (TPSA) is 119 Å². The molecule has 0 aliphatic carbocycles. The van der Waals surface area contributed by atoms with Crippen molar-refractivity contribution in [1.82, 2.24) is 10.2 Å². The molecular weight excluding hydrogens is 541 g/mol. The van der Waals surface area contributed by atoms with Gasteiger partial charge in [0.25, 0.3) is 5.91 Å². The Morgan fingerprint density at radius 3 is 2.18 bits per heavy atom. The zero-order valence-electron chi connectivity index (χ0n) is 18.4. The molecule has 178 valence electrons. The molecule has 3 rings (SSSR count). The van der Waals surface area contributed by atoms with E-state index in [1.54, 1.807) is 7.11 Å². The van der Waals surface area contributed by atoms with E-state index in [0.29, 0.717) is 6.54 Å². The van der Waals surface area contributed by atoms with E-state index < -0.39 is 11.9 Å². The molecule has 0 atom stereocenters. The summed E-state index contributed by atoms with van der Waals surface area (Å²) in [5.41, 5.74) is 1.92. The fourth-order valence-corrected chi connectivity index (χ4v) is 3.98. The molecule has 1 aliphatic heterocycles. The van der Waals surface area contributed by atoms with Crippen LogP contribution in [0.2, 0.25) is 0 Å². The Bertz CT molecular complexity index is 935. The van der Waals surface area contributed by atoms with Crippen molar-refractivity contribution in [2.24, 2.45) is 0 Å². The quantitative estimate of drug-likeness (QED) is 0.264. The van der Waals surface area contributed by atoms with Gasteiger partial charge in [-0.1, -0.05) is 24.3 Å². The maximum absolute atomic E-state index is 12.2. The first-order chi connectivity index (χ1) is 15.8. The van der Waals surface area contributed by atoms with E-state index in [0.717, 1.165) is 54.0 Å². The highest BCUT2D eigenvalue weighted by molar-refractivity contribution is 14.1. The summed E-state index contributed by atoms with van der Waals surface area (Å²) in [6.45, 7) is 5.76. The lowest BCUT2D eigenvalue weighted by molar-refractivity contribution is -0.159. The first-order valence-electron chi connectivity index (χ1n) is 10.4. The SMILES string of the molecule is COc1ccccc1N1CCN(CCCNC(=O)c2ccccc2I)CC1.O=C(O)C(=O)O. The van der Waals surface area contributed by atoms with Gasteiger partial charge >= 0.3 is 11.9 Å². The van der Waals surface area contributed by atoms with E-state index in [1.807, 2.05) is 36.4 Å². The maximum atomic E-state index is 12.2. The van der Waals surface area contributed by atoms with Gasteiger partial charge in [-0.05, 0) is 59.8 Å². The number of aliphatic carboxylic acids is 2. The lowest BCUT2D eigenvalue weighted by Crippen LogP contribution is -2.47. The highest BCUT2D eigenvalue weighted by Crippen LogP contribution is 2.28. The van der Waals surface area contributed by atoms with Gasteiger partial charge < -0.3 is 25.2 Å². The highest BCUT2D eigenvalue weighted by atomic mass is 127. The number of carboxylic acids is 2. The Morgan fingerprint density at radius 1 is 0.970 bits per heavy atom. The third-order valence-corrected chi connectivity index (χ3v) is 5.98. The van der Waals surface area contributed by atoms with Crippen LogP contribution in [0.25, 0.3) is 0 Å². The number of nitrogens with one attached hydrogen (secondary N) is 1. The number of carbonyl (C=O) groups excluding carboxylic acids is 1. The number of rotatable bonds is 7. The fourth-order valence-electron chi connectivity index (χ4n) is 3.35. The van der Waals surface area contributed by atoms with Crippen molar-refractivity contribution >= 4 is 46.1 Å². The van der Waals surface area contributed by atoms with Crippen LogP contribution in [0.4, 0.5) is 5.69 Å². The van der Waals surface area contributed by atoms with Gasteiger partial charge in [-0.25, -0.2) is 9.59 Å². The number of amides is 1. The lowest BCUT2D eigenvalue weighted by atomic mass is 10.2. The largest absolute Gasteiger partial charge is 0.495 e. The minimum atomic E-state index is -1.82. The molecule has 2 aromatic rings. The van der Waals surface area contributed by atoms with Crippen molar-refractivity contribution in [3.63, 3.8) is 0 Å². The van der Waals surface area contributed by atoms with Gasteiger partial charge in [0.05, 0.1) is 18.4 Å². The van der Waals surface area contributed by atoms with Crippen LogP contribution in [0.5, 0.6) is 5.75 Å². The molecule has 0 spiro atoms. The van der Waals surface area contributed by atoms with Gasteiger partial charge in [0.2, 0.25) is 0 Å². The summed E-state index contributed by atoms with van der Waals surface area (Å²) in [5.74, 6) is -2.70. The van der Waals surface area contributed by atoms with Crippen LogP contribution in [0.15, 0.2) is 48.5 Å². The van der Waals surface area contributed by atoms with Crippen LogP contribution >= 0.6 is 22.6 Å². The second-order valence-electron chi connectivity index (χ2n) is 7.20. The van der Waals surface area contributed by atoms with Gasteiger partial charge in [0.15, 0.2) is 0 Å². The second kappa shape index (κ2) is 13.6.